The molecule has 132 valence electrons. The van der Waals surface area contributed by atoms with Gasteiger partial charge in [0.2, 0.25) is 5.91 Å². The van der Waals surface area contributed by atoms with E-state index in [2.05, 4.69) is 5.32 Å². The highest BCUT2D eigenvalue weighted by molar-refractivity contribution is 5.78. The van der Waals surface area contributed by atoms with Gasteiger partial charge in [0, 0.05) is 12.0 Å². The monoisotopic (exact) mass is 343 g/mol. The molecule has 1 saturated carbocycles. The minimum atomic E-state index is -0.325. The summed E-state index contributed by atoms with van der Waals surface area (Å²) in [4.78, 5) is 12.2. The highest BCUT2D eigenvalue weighted by atomic mass is 19.1. The minimum absolute atomic E-state index is 0.0445. The predicted molar refractivity (Wildman–Crippen MR) is 93.6 cm³/mol. The molecule has 0 atom stereocenters. The molecule has 0 saturated heterocycles. The fraction of sp³-hybridized carbons (Fsp3) is 0.350. The Morgan fingerprint density at radius 2 is 1.88 bits per heavy atom. The molecule has 25 heavy (non-hydrogen) atoms. The second-order valence-electron chi connectivity index (χ2n) is 6.43. The first kappa shape index (κ1) is 17.3. The second kappa shape index (κ2) is 7.13. The molecule has 0 aromatic heterocycles. The Morgan fingerprint density at radius 1 is 1.12 bits per heavy atom. The molecule has 0 spiro atoms. The van der Waals surface area contributed by atoms with Crippen molar-refractivity contribution in [2.75, 3.05) is 20.8 Å². The van der Waals surface area contributed by atoms with E-state index >= 15 is 0 Å². The molecule has 1 N–H and O–H groups in total. The van der Waals surface area contributed by atoms with Crippen molar-refractivity contribution in [3.05, 3.63) is 59.4 Å². The van der Waals surface area contributed by atoms with E-state index in [0.29, 0.717) is 23.6 Å². The Bertz CT molecular complexity index is 771. The molecule has 2 aromatic rings. The van der Waals surface area contributed by atoms with Crippen LogP contribution in [0.15, 0.2) is 42.5 Å². The van der Waals surface area contributed by atoms with Gasteiger partial charge in [0.15, 0.2) is 11.5 Å². The molecule has 2 aromatic carbocycles. The number of halogens is 1. The van der Waals surface area contributed by atoms with Gasteiger partial charge in [-0.2, -0.15) is 0 Å². The highest BCUT2D eigenvalue weighted by Gasteiger charge is 2.44. The van der Waals surface area contributed by atoms with Crippen LogP contribution in [-0.4, -0.2) is 26.7 Å². The van der Waals surface area contributed by atoms with E-state index in [-0.39, 0.29) is 23.6 Å². The van der Waals surface area contributed by atoms with Crippen LogP contribution in [-0.2, 0) is 16.6 Å². The van der Waals surface area contributed by atoms with Crippen molar-refractivity contribution in [1.82, 2.24) is 5.32 Å². The Balaban J connectivity index is 1.63. The number of nitrogens with one attached hydrogen (secondary N) is 1. The van der Waals surface area contributed by atoms with Gasteiger partial charge in [0.25, 0.3) is 0 Å². The molecule has 0 bridgehead atoms. The number of hydrogen-bond acceptors (Lipinski definition) is 3. The van der Waals surface area contributed by atoms with Crippen LogP contribution >= 0.6 is 0 Å². The molecule has 0 heterocycles. The Morgan fingerprint density at radius 3 is 2.52 bits per heavy atom. The number of benzene rings is 2. The highest BCUT2D eigenvalue weighted by Crippen LogP contribution is 2.49. The van der Waals surface area contributed by atoms with Crippen molar-refractivity contribution < 1.29 is 18.7 Å². The van der Waals surface area contributed by atoms with E-state index in [4.69, 9.17) is 9.47 Å². The van der Waals surface area contributed by atoms with Gasteiger partial charge in [-0.15, -0.1) is 0 Å². The fourth-order valence-corrected chi connectivity index (χ4v) is 3.05. The standard InChI is InChI=1S/C20H22FNO3/c1-24-17-7-6-15(12-18(17)25-2)20(8-9-20)13-22-19(23)11-14-4-3-5-16(21)10-14/h3-7,10,12H,8-9,11,13H2,1-2H3,(H,22,23). The first-order valence-electron chi connectivity index (χ1n) is 8.30. The van der Waals surface area contributed by atoms with E-state index in [1.807, 2.05) is 18.2 Å². The zero-order chi connectivity index (χ0) is 17.9. The van der Waals surface area contributed by atoms with Crippen LogP contribution in [0.25, 0.3) is 0 Å². The SMILES string of the molecule is COc1ccc(C2(CNC(=O)Cc3cccc(F)c3)CC2)cc1OC. The van der Waals surface area contributed by atoms with Crippen LogP contribution in [0.5, 0.6) is 11.5 Å². The first-order chi connectivity index (χ1) is 12.1. The normalized spacial score (nSPS) is 14.7. The maximum Gasteiger partial charge on any atom is 0.224 e. The van der Waals surface area contributed by atoms with Crippen LogP contribution < -0.4 is 14.8 Å². The molecule has 1 fully saturated rings. The van der Waals surface area contributed by atoms with Gasteiger partial charge in [0.1, 0.15) is 5.82 Å². The fourth-order valence-electron chi connectivity index (χ4n) is 3.05. The van der Waals surface area contributed by atoms with Gasteiger partial charge in [-0.1, -0.05) is 18.2 Å². The van der Waals surface area contributed by atoms with Gasteiger partial charge in [0.05, 0.1) is 20.6 Å². The number of amides is 1. The lowest BCUT2D eigenvalue weighted by Gasteiger charge is -2.18. The summed E-state index contributed by atoms with van der Waals surface area (Å²) in [6.45, 7) is 0.566. The van der Waals surface area contributed by atoms with Crippen molar-refractivity contribution in [2.45, 2.75) is 24.7 Å². The summed E-state index contributed by atoms with van der Waals surface area (Å²) in [6, 6.07) is 12.0. The van der Waals surface area contributed by atoms with E-state index < -0.39 is 0 Å². The largest absolute Gasteiger partial charge is 0.493 e. The van der Waals surface area contributed by atoms with Crippen LogP contribution in [0.4, 0.5) is 4.39 Å². The molecule has 1 amide bonds. The van der Waals surface area contributed by atoms with Gasteiger partial charge in [-0.05, 0) is 48.2 Å². The van der Waals surface area contributed by atoms with E-state index in [1.165, 1.54) is 12.1 Å². The molecule has 3 rings (SSSR count). The Kier molecular flexibility index (Phi) is 4.93. The van der Waals surface area contributed by atoms with Crippen molar-refractivity contribution in [2.24, 2.45) is 0 Å². The van der Waals surface area contributed by atoms with Crippen LogP contribution in [0.2, 0.25) is 0 Å². The van der Waals surface area contributed by atoms with Crippen molar-refractivity contribution in [3.63, 3.8) is 0 Å². The summed E-state index contributed by atoms with van der Waals surface area (Å²) in [5.41, 5.74) is 1.77. The Labute approximate surface area is 147 Å². The molecule has 0 unspecified atom stereocenters. The average Bonchev–Trinajstić information content (AvgIpc) is 3.40. The van der Waals surface area contributed by atoms with Gasteiger partial charge < -0.3 is 14.8 Å². The summed E-state index contributed by atoms with van der Waals surface area (Å²) in [6.07, 6.45) is 2.21. The molecule has 0 radical (unpaired) electrons. The lowest BCUT2D eigenvalue weighted by molar-refractivity contribution is -0.120. The molecule has 5 heteroatoms. The van der Waals surface area contributed by atoms with Gasteiger partial charge in [-0.25, -0.2) is 4.39 Å². The Hall–Kier alpha value is -2.56. The number of ether oxygens (including phenoxy) is 2. The molecule has 1 aliphatic carbocycles. The van der Waals surface area contributed by atoms with E-state index in [0.717, 1.165) is 18.4 Å². The number of methoxy groups -OCH3 is 2. The summed E-state index contributed by atoms with van der Waals surface area (Å²) < 4.78 is 23.8. The lowest BCUT2D eigenvalue weighted by Crippen LogP contribution is -2.33. The third-order valence-corrected chi connectivity index (χ3v) is 4.73. The van der Waals surface area contributed by atoms with Crippen molar-refractivity contribution in [3.8, 4) is 11.5 Å². The van der Waals surface area contributed by atoms with Crippen LogP contribution in [0, 0.1) is 5.82 Å². The number of rotatable bonds is 7. The molecular formula is C20H22FNO3. The molecule has 0 aliphatic heterocycles. The number of carbonyl (C=O) groups excluding carboxylic acids is 1. The van der Waals surface area contributed by atoms with E-state index in [9.17, 15) is 9.18 Å². The van der Waals surface area contributed by atoms with Crippen molar-refractivity contribution >= 4 is 5.91 Å². The summed E-state index contributed by atoms with van der Waals surface area (Å²) >= 11 is 0. The third kappa shape index (κ3) is 3.92. The summed E-state index contributed by atoms with van der Waals surface area (Å²) in [5.74, 6) is 0.959. The van der Waals surface area contributed by atoms with E-state index in [1.54, 1.807) is 26.4 Å². The second-order valence-corrected chi connectivity index (χ2v) is 6.43. The maximum atomic E-state index is 13.2. The summed E-state index contributed by atoms with van der Waals surface area (Å²) in [7, 11) is 3.22. The first-order valence-corrected chi connectivity index (χ1v) is 8.30. The maximum absolute atomic E-state index is 13.2. The molecule has 4 nitrogen and oxygen atoms in total. The zero-order valence-electron chi connectivity index (χ0n) is 14.5. The van der Waals surface area contributed by atoms with Crippen LogP contribution in [0.1, 0.15) is 24.0 Å². The van der Waals surface area contributed by atoms with Gasteiger partial charge >= 0.3 is 0 Å². The molecular weight excluding hydrogens is 321 g/mol. The number of carbonyl (C=O) groups is 1. The minimum Gasteiger partial charge on any atom is -0.493 e. The molecule has 1 aliphatic rings. The predicted octanol–water partition coefficient (Wildman–Crippen LogP) is 3.23. The number of hydrogen-bond donors (Lipinski definition) is 1. The third-order valence-electron chi connectivity index (χ3n) is 4.73. The smallest absolute Gasteiger partial charge is 0.224 e. The van der Waals surface area contributed by atoms with Crippen molar-refractivity contribution in [1.29, 1.82) is 0 Å². The summed E-state index contributed by atoms with van der Waals surface area (Å²) in [5, 5.41) is 2.98. The lowest BCUT2D eigenvalue weighted by atomic mass is 9.95. The van der Waals surface area contributed by atoms with Gasteiger partial charge in [-0.3, -0.25) is 4.79 Å². The topological polar surface area (TPSA) is 47.6 Å². The average molecular weight is 343 g/mol. The van der Waals surface area contributed by atoms with Crippen LogP contribution in [0.3, 0.4) is 0 Å². The zero-order valence-corrected chi connectivity index (χ0v) is 14.5. The quantitative estimate of drug-likeness (QED) is 0.840.